The SMILES string of the molecule is C1=CC2=c3c(-c4cccc5ccccc45)c4ccccc4c(-c4cc(-c5ccccc5)cc(-c5ccccc5)c4)c3=CNC2C=C1. The first-order valence-electron chi connectivity index (χ1n) is 16.0. The molecule has 216 valence electrons. The normalized spacial score (nSPS) is 14.9. The van der Waals surface area contributed by atoms with Crippen molar-refractivity contribution in [3.8, 4) is 44.5 Å². The molecule has 0 aromatic heterocycles. The van der Waals surface area contributed by atoms with Crippen molar-refractivity contribution in [3.63, 3.8) is 0 Å². The van der Waals surface area contributed by atoms with Crippen LogP contribution in [0.15, 0.2) is 170 Å². The van der Waals surface area contributed by atoms with Crippen molar-refractivity contribution in [2.45, 2.75) is 6.04 Å². The lowest BCUT2D eigenvalue weighted by Crippen LogP contribution is -2.44. The van der Waals surface area contributed by atoms with Crippen LogP contribution in [-0.2, 0) is 0 Å². The van der Waals surface area contributed by atoms with E-state index >= 15 is 0 Å². The van der Waals surface area contributed by atoms with Gasteiger partial charge in [-0.3, -0.25) is 0 Å². The van der Waals surface area contributed by atoms with Gasteiger partial charge in [0.15, 0.2) is 0 Å². The van der Waals surface area contributed by atoms with E-state index in [4.69, 9.17) is 0 Å². The quantitative estimate of drug-likeness (QED) is 0.217. The second kappa shape index (κ2) is 10.9. The fourth-order valence-corrected chi connectivity index (χ4v) is 7.40. The molecule has 46 heavy (non-hydrogen) atoms. The molecule has 0 radical (unpaired) electrons. The minimum absolute atomic E-state index is 0.121. The maximum atomic E-state index is 3.76. The summed E-state index contributed by atoms with van der Waals surface area (Å²) in [5.74, 6) is 0. The molecule has 1 heterocycles. The van der Waals surface area contributed by atoms with E-state index in [1.54, 1.807) is 0 Å². The van der Waals surface area contributed by atoms with Crippen molar-refractivity contribution in [1.29, 1.82) is 0 Å². The molecule has 1 aliphatic heterocycles. The summed E-state index contributed by atoms with van der Waals surface area (Å²) < 4.78 is 0. The summed E-state index contributed by atoms with van der Waals surface area (Å²) in [4.78, 5) is 0. The van der Waals surface area contributed by atoms with Gasteiger partial charge in [0, 0.05) is 11.4 Å². The highest BCUT2D eigenvalue weighted by Gasteiger charge is 2.23. The summed E-state index contributed by atoms with van der Waals surface area (Å²) in [6.07, 6.45) is 11.1. The highest BCUT2D eigenvalue weighted by atomic mass is 14.9. The largest absolute Gasteiger partial charge is 0.380 e. The average molecular weight is 586 g/mol. The highest BCUT2D eigenvalue weighted by molar-refractivity contribution is 6.11. The second-order valence-electron chi connectivity index (χ2n) is 12.1. The monoisotopic (exact) mass is 585 g/mol. The van der Waals surface area contributed by atoms with Gasteiger partial charge in [0.2, 0.25) is 0 Å². The van der Waals surface area contributed by atoms with Crippen molar-refractivity contribution in [3.05, 3.63) is 180 Å². The van der Waals surface area contributed by atoms with Gasteiger partial charge in [-0.2, -0.15) is 0 Å². The van der Waals surface area contributed by atoms with Crippen LogP contribution >= 0.6 is 0 Å². The molecular formula is C45H31N. The number of rotatable bonds is 4. The number of hydrogen-bond acceptors (Lipinski definition) is 1. The van der Waals surface area contributed by atoms with Crippen LogP contribution in [-0.4, -0.2) is 6.04 Å². The zero-order chi connectivity index (χ0) is 30.5. The third-order valence-electron chi connectivity index (χ3n) is 9.47. The van der Waals surface area contributed by atoms with Gasteiger partial charge in [0.1, 0.15) is 0 Å². The van der Waals surface area contributed by atoms with E-state index in [2.05, 4.69) is 181 Å². The zero-order valence-corrected chi connectivity index (χ0v) is 25.3. The van der Waals surface area contributed by atoms with Crippen molar-refractivity contribution >= 4 is 33.3 Å². The molecule has 1 unspecified atom stereocenters. The van der Waals surface area contributed by atoms with Gasteiger partial charge in [-0.05, 0) is 95.0 Å². The topological polar surface area (TPSA) is 12.0 Å². The molecule has 9 rings (SSSR count). The predicted octanol–water partition coefficient (Wildman–Crippen LogP) is 9.65. The maximum absolute atomic E-state index is 3.76. The van der Waals surface area contributed by atoms with Gasteiger partial charge in [-0.15, -0.1) is 0 Å². The lowest BCUT2D eigenvalue weighted by molar-refractivity contribution is 0.879. The van der Waals surface area contributed by atoms with Crippen LogP contribution in [0.1, 0.15) is 0 Å². The average Bonchev–Trinajstić information content (AvgIpc) is 3.14. The summed E-state index contributed by atoms with van der Waals surface area (Å²) in [6, 6.07) is 53.2. The molecule has 0 saturated carbocycles. The molecule has 0 spiro atoms. The van der Waals surface area contributed by atoms with E-state index in [9.17, 15) is 0 Å². The molecule has 7 aromatic carbocycles. The molecule has 0 saturated heterocycles. The molecule has 0 bridgehead atoms. The van der Waals surface area contributed by atoms with E-state index in [-0.39, 0.29) is 6.04 Å². The fraction of sp³-hybridized carbons (Fsp3) is 0.0222. The van der Waals surface area contributed by atoms with Crippen LogP contribution in [0.3, 0.4) is 0 Å². The fourth-order valence-electron chi connectivity index (χ4n) is 7.40. The van der Waals surface area contributed by atoms with E-state index in [1.165, 1.54) is 82.1 Å². The first-order valence-corrected chi connectivity index (χ1v) is 16.0. The van der Waals surface area contributed by atoms with Crippen LogP contribution in [0.2, 0.25) is 0 Å². The number of fused-ring (bicyclic) bond motifs is 4. The summed E-state index contributed by atoms with van der Waals surface area (Å²) in [5.41, 5.74) is 11.2. The minimum Gasteiger partial charge on any atom is -0.380 e. The van der Waals surface area contributed by atoms with Crippen molar-refractivity contribution < 1.29 is 0 Å². The summed E-state index contributed by atoms with van der Waals surface area (Å²) in [6.45, 7) is 0. The van der Waals surface area contributed by atoms with Gasteiger partial charge < -0.3 is 5.32 Å². The molecule has 1 heteroatoms. The Morgan fingerprint density at radius 3 is 1.76 bits per heavy atom. The molecule has 2 aliphatic rings. The van der Waals surface area contributed by atoms with Gasteiger partial charge in [0.05, 0.1) is 6.04 Å². The molecule has 0 amide bonds. The first-order chi connectivity index (χ1) is 22.8. The number of benzene rings is 7. The Bertz CT molecular complexity index is 2420. The molecule has 1 N–H and O–H groups in total. The Morgan fingerprint density at radius 1 is 0.457 bits per heavy atom. The summed E-state index contributed by atoms with van der Waals surface area (Å²) >= 11 is 0. The second-order valence-corrected chi connectivity index (χ2v) is 12.1. The predicted molar refractivity (Wildman–Crippen MR) is 196 cm³/mol. The Kier molecular flexibility index (Phi) is 6.28. The lowest BCUT2D eigenvalue weighted by Gasteiger charge is -2.26. The Morgan fingerprint density at radius 2 is 1.04 bits per heavy atom. The summed E-state index contributed by atoms with van der Waals surface area (Å²) in [7, 11) is 0. The van der Waals surface area contributed by atoms with E-state index < -0.39 is 0 Å². The van der Waals surface area contributed by atoms with E-state index in [0.717, 1.165) is 0 Å². The molecule has 7 aromatic rings. The lowest BCUT2D eigenvalue weighted by atomic mass is 9.82. The Hall–Kier alpha value is -5.92. The molecular weight excluding hydrogens is 555 g/mol. The number of hydrogen-bond donors (Lipinski definition) is 1. The molecule has 1 nitrogen and oxygen atoms in total. The molecule has 1 atom stereocenters. The third kappa shape index (κ3) is 4.32. The van der Waals surface area contributed by atoms with Crippen molar-refractivity contribution in [2.24, 2.45) is 0 Å². The third-order valence-corrected chi connectivity index (χ3v) is 9.47. The van der Waals surface area contributed by atoms with Crippen LogP contribution in [0.25, 0.3) is 77.8 Å². The Labute approximate surface area is 268 Å². The summed E-state index contributed by atoms with van der Waals surface area (Å²) in [5, 5.41) is 11.3. The van der Waals surface area contributed by atoms with E-state index in [0.29, 0.717) is 0 Å². The number of allylic oxidation sites excluding steroid dienone is 2. The van der Waals surface area contributed by atoms with Gasteiger partial charge >= 0.3 is 0 Å². The molecule has 0 fully saturated rings. The first kappa shape index (κ1) is 26.5. The number of nitrogens with one attached hydrogen (secondary N) is 1. The highest BCUT2D eigenvalue weighted by Crippen LogP contribution is 2.38. The van der Waals surface area contributed by atoms with Gasteiger partial charge in [-0.25, -0.2) is 0 Å². The molecule has 1 aliphatic carbocycles. The minimum atomic E-state index is 0.121. The van der Waals surface area contributed by atoms with E-state index in [1.807, 2.05) is 0 Å². The van der Waals surface area contributed by atoms with Crippen LogP contribution in [0.5, 0.6) is 0 Å². The van der Waals surface area contributed by atoms with Crippen molar-refractivity contribution in [2.75, 3.05) is 0 Å². The Balaban J connectivity index is 1.45. The zero-order valence-electron chi connectivity index (χ0n) is 25.3. The van der Waals surface area contributed by atoms with Crippen LogP contribution in [0.4, 0.5) is 0 Å². The van der Waals surface area contributed by atoms with Crippen LogP contribution < -0.4 is 15.8 Å². The van der Waals surface area contributed by atoms with Crippen molar-refractivity contribution in [1.82, 2.24) is 5.32 Å². The van der Waals surface area contributed by atoms with Gasteiger partial charge in [0.25, 0.3) is 0 Å². The maximum Gasteiger partial charge on any atom is 0.0702 e. The smallest absolute Gasteiger partial charge is 0.0702 e. The standard InChI is InChI=1S/C45H31N/c1-3-14-30(15-4-1)33-26-34(31-16-5-2-6-17-31)28-35(27-33)43-38-21-9-10-22-39(38)44(37-24-13-19-32-18-7-8-20-36(32)37)45-40-23-11-12-25-42(40)46-29-41(43)45/h1-29,42,46H. The van der Waals surface area contributed by atoms with Crippen LogP contribution in [0, 0.1) is 0 Å². The van der Waals surface area contributed by atoms with Gasteiger partial charge in [-0.1, -0.05) is 152 Å².